The number of aromatic nitrogens is 2. The van der Waals surface area contributed by atoms with E-state index in [0.717, 1.165) is 31.7 Å². The minimum Gasteiger partial charge on any atom is -0.378 e. The van der Waals surface area contributed by atoms with E-state index < -0.39 is 0 Å². The number of ether oxygens (including phenoxy) is 1. The van der Waals surface area contributed by atoms with Crippen LogP contribution >= 0.6 is 0 Å². The molecule has 1 saturated heterocycles. The molecule has 2 heterocycles. The molecular formula is C13H23N3O. The van der Waals surface area contributed by atoms with Crippen molar-refractivity contribution in [1.82, 2.24) is 15.3 Å². The number of nitrogens with zero attached hydrogens (tertiary/aromatic N) is 1. The highest BCUT2D eigenvalue weighted by molar-refractivity contribution is 4.91. The summed E-state index contributed by atoms with van der Waals surface area (Å²) in [5, 5.41) is 3.36. The van der Waals surface area contributed by atoms with Crippen molar-refractivity contribution in [1.29, 1.82) is 0 Å². The molecule has 17 heavy (non-hydrogen) atoms. The fourth-order valence-electron chi connectivity index (χ4n) is 2.41. The third-order valence-corrected chi connectivity index (χ3v) is 3.51. The maximum atomic E-state index is 5.76. The predicted molar refractivity (Wildman–Crippen MR) is 68.0 cm³/mol. The molecule has 1 aliphatic heterocycles. The van der Waals surface area contributed by atoms with Gasteiger partial charge in [0.2, 0.25) is 0 Å². The zero-order valence-corrected chi connectivity index (χ0v) is 10.6. The van der Waals surface area contributed by atoms with E-state index in [2.05, 4.69) is 15.3 Å². The van der Waals surface area contributed by atoms with Gasteiger partial charge in [-0.2, -0.15) is 0 Å². The van der Waals surface area contributed by atoms with Crippen molar-refractivity contribution in [2.45, 2.75) is 50.7 Å². The van der Waals surface area contributed by atoms with Gasteiger partial charge in [0.25, 0.3) is 0 Å². The van der Waals surface area contributed by atoms with Gasteiger partial charge in [-0.1, -0.05) is 0 Å². The number of aromatic amines is 1. The van der Waals surface area contributed by atoms with E-state index in [-0.39, 0.29) is 0 Å². The third kappa shape index (κ3) is 4.13. The lowest BCUT2D eigenvalue weighted by atomic mass is 10.00. The van der Waals surface area contributed by atoms with Crippen molar-refractivity contribution in [3.63, 3.8) is 0 Å². The van der Waals surface area contributed by atoms with Gasteiger partial charge in [-0.25, -0.2) is 4.98 Å². The number of rotatable bonds is 6. The number of hydrogen-bond acceptors (Lipinski definition) is 3. The Morgan fingerprint density at radius 3 is 3.18 bits per heavy atom. The van der Waals surface area contributed by atoms with E-state index in [1.165, 1.54) is 19.3 Å². The van der Waals surface area contributed by atoms with Crippen molar-refractivity contribution in [2.75, 3.05) is 13.7 Å². The summed E-state index contributed by atoms with van der Waals surface area (Å²) in [6.45, 7) is 0.951. The molecule has 1 fully saturated rings. The first kappa shape index (κ1) is 12.6. The summed E-state index contributed by atoms with van der Waals surface area (Å²) in [6.07, 6.45) is 11.3. The molecule has 0 amide bonds. The average Bonchev–Trinajstić information content (AvgIpc) is 2.88. The summed E-state index contributed by atoms with van der Waals surface area (Å²) >= 11 is 0. The molecule has 1 aliphatic rings. The predicted octanol–water partition coefficient (Wildman–Crippen LogP) is 1.89. The van der Waals surface area contributed by atoms with Gasteiger partial charge in [-0.3, -0.25) is 0 Å². The topological polar surface area (TPSA) is 49.9 Å². The summed E-state index contributed by atoms with van der Waals surface area (Å²) in [5.41, 5.74) is 0. The van der Waals surface area contributed by atoms with Crippen molar-refractivity contribution in [3.8, 4) is 0 Å². The fourth-order valence-corrected chi connectivity index (χ4v) is 2.41. The normalized spacial score (nSPS) is 22.5. The number of hydrogen-bond donors (Lipinski definition) is 2. The fraction of sp³-hybridized carbons (Fsp3) is 0.769. The second-order valence-electron chi connectivity index (χ2n) is 4.79. The molecule has 4 nitrogen and oxygen atoms in total. The summed E-state index contributed by atoms with van der Waals surface area (Å²) in [6, 6.07) is 0.492. The molecule has 2 atom stereocenters. The molecule has 0 radical (unpaired) electrons. The van der Waals surface area contributed by atoms with Gasteiger partial charge in [0.15, 0.2) is 0 Å². The maximum Gasteiger partial charge on any atom is 0.107 e. The van der Waals surface area contributed by atoms with E-state index in [4.69, 9.17) is 4.74 Å². The average molecular weight is 237 g/mol. The second-order valence-corrected chi connectivity index (χ2v) is 4.79. The summed E-state index contributed by atoms with van der Waals surface area (Å²) in [4.78, 5) is 7.43. The van der Waals surface area contributed by atoms with Gasteiger partial charge in [0.1, 0.15) is 5.82 Å². The molecule has 4 heteroatoms. The van der Waals surface area contributed by atoms with E-state index in [9.17, 15) is 0 Å². The first-order valence-corrected chi connectivity index (χ1v) is 6.65. The lowest BCUT2D eigenvalue weighted by molar-refractivity contribution is 0.00867. The van der Waals surface area contributed by atoms with Gasteiger partial charge in [-0.05, 0) is 39.2 Å². The molecule has 0 aliphatic carbocycles. The minimum absolute atomic E-state index is 0.483. The highest BCUT2D eigenvalue weighted by atomic mass is 16.5. The Bertz CT molecular complexity index is 294. The van der Waals surface area contributed by atoms with E-state index >= 15 is 0 Å². The van der Waals surface area contributed by atoms with Crippen LogP contribution in [0.15, 0.2) is 12.4 Å². The molecule has 0 aromatic carbocycles. The van der Waals surface area contributed by atoms with E-state index in [1.807, 2.05) is 19.4 Å². The number of imidazole rings is 1. The van der Waals surface area contributed by atoms with Gasteiger partial charge >= 0.3 is 0 Å². The third-order valence-electron chi connectivity index (χ3n) is 3.51. The zero-order chi connectivity index (χ0) is 11.9. The molecule has 0 spiro atoms. The molecule has 96 valence electrons. The lowest BCUT2D eigenvalue weighted by Crippen LogP contribution is -2.30. The molecule has 1 aromatic heterocycles. The van der Waals surface area contributed by atoms with Crippen molar-refractivity contribution >= 4 is 0 Å². The van der Waals surface area contributed by atoms with Crippen LogP contribution in [0.1, 0.15) is 37.9 Å². The quantitative estimate of drug-likeness (QED) is 0.794. The summed E-state index contributed by atoms with van der Waals surface area (Å²) in [7, 11) is 2.02. The van der Waals surface area contributed by atoms with Gasteiger partial charge < -0.3 is 15.0 Å². The molecule has 2 unspecified atom stereocenters. The second kappa shape index (κ2) is 6.77. The Morgan fingerprint density at radius 2 is 2.53 bits per heavy atom. The van der Waals surface area contributed by atoms with Crippen LogP contribution in [0, 0.1) is 0 Å². The molecule has 2 N–H and O–H groups in total. The molecule has 1 aromatic rings. The summed E-state index contributed by atoms with van der Waals surface area (Å²) < 4.78 is 5.76. The van der Waals surface area contributed by atoms with Crippen LogP contribution in [0.2, 0.25) is 0 Å². The van der Waals surface area contributed by atoms with Crippen LogP contribution in [0.4, 0.5) is 0 Å². The van der Waals surface area contributed by atoms with Crippen molar-refractivity contribution < 1.29 is 4.74 Å². The van der Waals surface area contributed by atoms with Crippen molar-refractivity contribution in [3.05, 3.63) is 18.2 Å². The number of nitrogens with one attached hydrogen (secondary N) is 2. The van der Waals surface area contributed by atoms with Crippen LogP contribution in [0.5, 0.6) is 0 Å². The van der Waals surface area contributed by atoms with Crippen LogP contribution in [-0.2, 0) is 11.2 Å². The Hall–Kier alpha value is -0.870. The monoisotopic (exact) mass is 237 g/mol. The van der Waals surface area contributed by atoms with Crippen molar-refractivity contribution in [2.24, 2.45) is 0 Å². The van der Waals surface area contributed by atoms with E-state index in [0.29, 0.717) is 12.1 Å². The largest absolute Gasteiger partial charge is 0.378 e. The smallest absolute Gasteiger partial charge is 0.107 e. The highest BCUT2D eigenvalue weighted by Crippen LogP contribution is 2.18. The van der Waals surface area contributed by atoms with Crippen LogP contribution < -0.4 is 5.32 Å². The summed E-state index contributed by atoms with van der Waals surface area (Å²) in [5.74, 6) is 1.06. The minimum atomic E-state index is 0.483. The van der Waals surface area contributed by atoms with Crippen LogP contribution in [0.25, 0.3) is 0 Å². The molecular weight excluding hydrogens is 214 g/mol. The van der Waals surface area contributed by atoms with Gasteiger partial charge in [0, 0.05) is 31.5 Å². The maximum absolute atomic E-state index is 5.76. The number of H-pyrrole nitrogens is 1. The number of likely N-dealkylation sites (N-methyl/N-ethyl adjacent to an activating group) is 1. The van der Waals surface area contributed by atoms with Crippen LogP contribution in [-0.4, -0.2) is 35.8 Å². The van der Waals surface area contributed by atoms with Gasteiger partial charge in [0.05, 0.1) is 6.10 Å². The Balaban J connectivity index is 1.71. The SMILES string of the molecule is CNC(CCC1CCCCO1)Cc1ncc[nH]1. The molecule has 0 saturated carbocycles. The molecule has 2 rings (SSSR count). The van der Waals surface area contributed by atoms with Gasteiger partial charge in [-0.15, -0.1) is 0 Å². The zero-order valence-electron chi connectivity index (χ0n) is 10.6. The lowest BCUT2D eigenvalue weighted by Gasteiger charge is -2.24. The first-order chi connectivity index (χ1) is 8.38. The Labute approximate surface area is 103 Å². The molecule has 0 bridgehead atoms. The standard InChI is InChI=1S/C13H23N3O/c1-14-11(10-13-15-7-8-16-13)5-6-12-4-2-3-9-17-12/h7-8,11-12,14H,2-6,9-10H2,1H3,(H,15,16). The Morgan fingerprint density at radius 1 is 1.59 bits per heavy atom. The first-order valence-electron chi connectivity index (χ1n) is 6.65. The van der Waals surface area contributed by atoms with E-state index in [1.54, 1.807) is 0 Å². The Kier molecular flexibility index (Phi) is 5.01. The van der Waals surface area contributed by atoms with Crippen LogP contribution in [0.3, 0.4) is 0 Å². The highest BCUT2D eigenvalue weighted by Gasteiger charge is 2.16.